The number of sulfonamides is 1. The lowest BCUT2D eigenvalue weighted by Gasteiger charge is -2.25. The second-order valence-electron chi connectivity index (χ2n) is 4.60. The molecule has 0 amide bonds. The first-order chi connectivity index (χ1) is 8.99. The van der Waals surface area contributed by atoms with Gasteiger partial charge < -0.3 is 5.32 Å². The molecular formula is C12H19N3O2S2. The maximum atomic E-state index is 12.2. The third-order valence-electron chi connectivity index (χ3n) is 3.14. The molecule has 1 aromatic rings. The fourth-order valence-electron chi connectivity index (χ4n) is 1.77. The van der Waals surface area contributed by atoms with E-state index in [1.54, 1.807) is 12.1 Å². The van der Waals surface area contributed by atoms with E-state index in [4.69, 9.17) is 0 Å². The van der Waals surface area contributed by atoms with E-state index in [1.807, 2.05) is 24.2 Å². The van der Waals surface area contributed by atoms with E-state index < -0.39 is 10.0 Å². The Morgan fingerprint density at radius 2 is 1.89 bits per heavy atom. The van der Waals surface area contributed by atoms with Gasteiger partial charge in [-0.15, -0.1) is 4.13 Å². The van der Waals surface area contributed by atoms with Gasteiger partial charge in [0.25, 0.3) is 10.0 Å². The van der Waals surface area contributed by atoms with Crippen LogP contribution in [0.5, 0.6) is 0 Å². The van der Waals surface area contributed by atoms with Gasteiger partial charge in [-0.1, -0.05) is 6.07 Å². The number of rotatable bonds is 4. The van der Waals surface area contributed by atoms with Gasteiger partial charge >= 0.3 is 0 Å². The highest BCUT2D eigenvalue weighted by Crippen LogP contribution is 2.17. The molecular weight excluding hydrogens is 282 g/mol. The van der Waals surface area contributed by atoms with Crippen LogP contribution in [0.4, 0.5) is 0 Å². The Hall–Kier alpha value is -0.600. The third-order valence-corrected chi connectivity index (χ3v) is 5.81. The summed E-state index contributed by atoms with van der Waals surface area (Å²) in [4.78, 5) is 0.318. The van der Waals surface area contributed by atoms with Crippen molar-refractivity contribution in [2.24, 2.45) is 0 Å². The molecule has 5 nitrogen and oxygen atoms in total. The fourth-order valence-corrected chi connectivity index (χ4v) is 3.91. The van der Waals surface area contributed by atoms with E-state index in [0.717, 1.165) is 49.4 Å². The number of hydrogen-bond donors (Lipinski definition) is 2. The molecule has 0 unspecified atom stereocenters. The predicted molar refractivity (Wildman–Crippen MR) is 78.3 cm³/mol. The second kappa shape index (κ2) is 6.23. The van der Waals surface area contributed by atoms with Crippen molar-refractivity contribution >= 4 is 22.2 Å². The van der Waals surface area contributed by atoms with Crippen LogP contribution in [0.2, 0.25) is 0 Å². The Kier molecular flexibility index (Phi) is 4.86. The van der Waals surface area contributed by atoms with Crippen molar-refractivity contribution in [2.75, 3.05) is 26.2 Å². The zero-order valence-electron chi connectivity index (χ0n) is 11.1. The standard InChI is InChI=1S/C12H19N3O2S2/c1-10-3-4-12(9-11(10)2)19(16,17)14-18-15-7-5-13-6-8-15/h3-4,9,13-14H,5-8H2,1-2H3. The van der Waals surface area contributed by atoms with Gasteiger partial charge in [-0.3, -0.25) is 0 Å². The molecule has 2 rings (SSSR count). The van der Waals surface area contributed by atoms with Crippen LogP contribution in [0.1, 0.15) is 11.1 Å². The number of nitrogens with one attached hydrogen (secondary N) is 2. The summed E-state index contributed by atoms with van der Waals surface area (Å²) in [6, 6.07) is 5.18. The highest BCUT2D eigenvalue weighted by molar-refractivity contribution is 8.07. The fraction of sp³-hybridized carbons (Fsp3) is 0.500. The molecule has 7 heteroatoms. The van der Waals surface area contributed by atoms with Crippen molar-refractivity contribution in [3.05, 3.63) is 29.3 Å². The Bertz CT molecular complexity index is 540. The van der Waals surface area contributed by atoms with Crippen molar-refractivity contribution in [2.45, 2.75) is 18.7 Å². The number of piperazine rings is 1. The van der Waals surface area contributed by atoms with Crippen LogP contribution >= 0.6 is 12.1 Å². The maximum absolute atomic E-state index is 12.2. The van der Waals surface area contributed by atoms with E-state index in [1.165, 1.54) is 0 Å². The van der Waals surface area contributed by atoms with Gasteiger partial charge in [0.1, 0.15) is 0 Å². The molecule has 1 fully saturated rings. The lowest BCUT2D eigenvalue weighted by Crippen LogP contribution is -2.41. The van der Waals surface area contributed by atoms with Crippen molar-refractivity contribution in [3.8, 4) is 0 Å². The van der Waals surface area contributed by atoms with E-state index in [0.29, 0.717) is 4.90 Å². The monoisotopic (exact) mass is 301 g/mol. The summed E-state index contributed by atoms with van der Waals surface area (Å²) in [5, 5.41) is 3.23. The molecule has 1 aromatic carbocycles. The van der Waals surface area contributed by atoms with Crippen molar-refractivity contribution in [1.82, 2.24) is 13.7 Å². The lowest BCUT2D eigenvalue weighted by molar-refractivity contribution is 0.395. The van der Waals surface area contributed by atoms with Crippen molar-refractivity contribution in [3.63, 3.8) is 0 Å². The van der Waals surface area contributed by atoms with Crippen molar-refractivity contribution in [1.29, 1.82) is 0 Å². The van der Waals surface area contributed by atoms with Crippen LogP contribution in [-0.2, 0) is 10.0 Å². The van der Waals surface area contributed by atoms with Gasteiger partial charge in [0, 0.05) is 38.3 Å². The molecule has 0 spiro atoms. The summed E-state index contributed by atoms with van der Waals surface area (Å²) in [5.41, 5.74) is 2.07. The zero-order valence-corrected chi connectivity index (χ0v) is 12.8. The quantitative estimate of drug-likeness (QED) is 0.814. The summed E-state index contributed by atoms with van der Waals surface area (Å²) < 4.78 is 28.9. The number of aryl methyl sites for hydroxylation is 2. The molecule has 1 heterocycles. The Morgan fingerprint density at radius 3 is 2.53 bits per heavy atom. The maximum Gasteiger partial charge on any atom is 0.250 e. The van der Waals surface area contributed by atoms with Crippen LogP contribution in [0.15, 0.2) is 23.1 Å². The van der Waals surface area contributed by atoms with Crippen LogP contribution in [0.3, 0.4) is 0 Å². The molecule has 0 aromatic heterocycles. The third kappa shape index (κ3) is 3.93. The minimum Gasteiger partial charge on any atom is -0.314 e. The summed E-state index contributed by atoms with van der Waals surface area (Å²) in [5.74, 6) is 0. The summed E-state index contributed by atoms with van der Waals surface area (Å²) in [6.07, 6.45) is 0. The Balaban J connectivity index is 2.02. The molecule has 0 saturated carbocycles. The van der Waals surface area contributed by atoms with Crippen LogP contribution in [-0.4, -0.2) is 38.9 Å². The van der Waals surface area contributed by atoms with Gasteiger partial charge in [-0.2, -0.15) is 0 Å². The van der Waals surface area contributed by atoms with Gasteiger partial charge in [0.05, 0.1) is 4.90 Å². The molecule has 0 atom stereocenters. The molecule has 0 aliphatic carbocycles. The topological polar surface area (TPSA) is 61.4 Å². The summed E-state index contributed by atoms with van der Waals surface area (Å²) >= 11 is 1.16. The summed E-state index contributed by atoms with van der Waals surface area (Å²) in [6.45, 7) is 7.32. The molecule has 1 aliphatic heterocycles. The smallest absolute Gasteiger partial charge is 0.250 e. The predicted octanol–water partition coefficient (Wildman–Crippen LogP) is 1.05. The molecule has 0 bridgehead atoms. The molecule has 19 heavy (non-hydrogen) atoms. The first kappa shape index (κ1) is 14.8. The minimum atomic E-state index is -3.45. The highest BCUT2D eigenvalue weighted by Gasteiger charge is 2.18. The van der Waals surface area contributed by atoms with E-state index in [-0.39, 0.29) is 0 Å². The largest absolute Gasteiger partial charge is 0.314 e. The number of benzene rings is 1. The molecule has 2 N–H and O–H groups in total. The highest BCUT2D eigenvalue weighted by atomic mass is 32.3. The number of hydrogen-bond acceptors (Lipinski definition) is 5. The minimum absolute atomic E-state index is 0.318. The van der Waals surface area contributed by atoms with Crippen molar-refractivity contribution < 1.29 is 8.42 Å². The lowest BCUT2D eigenvalue weighted by atomic mass is 10.1. The first-order valence-corrected chi connectivity index (χ1v) is 8.46. The molecule has 1 saturated heterocycles. The van der Waals surface area contributed by atoms with Crippen LogP contribution in [0.25, 0.3) is 0 Å². The van der Waals surface area contributed by atoms with E-state index in [2.05, 4.69) is 9.44 Å². The van der Waals surface area contributed by atoms with E-state index >= 15 is 0 Å². The normalized spacial score (nSPS) is 17.6. The van der Waals surface area contributed by atoms with E-state index in [9.17, 15) is 8.42 Å². The van der Waals surface area contributed by atoms with Gasteiger partial charge in [-0.25, -0.2) is 12.7 Å². The average Bonchev–Trinajstić information content (AvgIpc) is 2.41. The first-order valence-electron chi connectivity index (χ1n) is 6.21. The van der Waals surface area contributed by atoms with Gasteiger partial charge in [0.15, 0.2) is 0 Å². The van der Waals surface area contributed by atoms with Crippen LogP contribution < -0.4 is 9.44 Å². The average molecular weight is 301 g/mol. The molecule has 0 radical (unpaired) electrons. The van der Waals surface area contributed by atoms with Gasteiger partial charge in [-0.05, 0) is 37.1 Å². The Morgan fingerprint density at radius 1 is 1.21 bits per heavy atom. The summed E-state index contributed by atoms with van der Waals surface area (Å²) in [7, 11) is -3.45. The SMILES string of the molecule is Cc1ccc(S(=O)(=O)NSN2CCNCC2)cc1C. The molecule has 106 valence electrons. The zero-order chi connectivity index (χ0) is 13.9. The molecule has 1 aliphatic rings. The second-order valence-corrected chi connectivity index (χ2v) is 7.45. The number of nitrogens with zero attached hydrogens (tertiary/aromatic N) is 1. The van der Waals surface area contributed by atoms with Crippen LogP contribution in [0, 0.1) is 13.8 Å². The van der Waals surface area contributed by atoms with Gasteiger partial charge in [0.2, 0.25) is 0 Å². The Labute approximate surface area is 119 Å².